The number of aromatic nitrogens is 3. The summed E-state index contributed by atoms with van der Waals surface area (Å²) in [6.45, 7) is 2.45. The van der Waals surface area contributed by atoms with Gasteiger partial charge in [-0.15, -0.1) is 0 Å². The molecule has 0 aromatic carbocycles. The second-order valence-corrected chi connectivity index (χ2v) is 8.64. The van der Waals surface area contributed by atoms with E-state index in [0.29, 0.717) is 28.6 Å². The minimum Gasteiger partial charge on any atom is -0.376 e. The molecule has 4 heterocycles. The number of fused-ring (bicyclic) bond motifs is 1. The lowest BCUT2D eigenvalue weighted by Gasteiger charge is -2.31. The SMILES string of the molecule is CNC(=O)[C@H]1CCCN(c2nc3ncn(CC(=O)NC[C@@H]4CCCO4)c(=O)c3s2)C1. The van der Waals surface area contributed by atoms with E-state index in [1.54, 1.807) is 7.05 Å². The van der Waals surface area contributed by atoms with Gasteiger partial charge in [-0.05, 0) is 25.7 Å². The summed E-state index contributed by atoms with van der Waals surface area (Å²) in [5.41, 5.74) is 0.0916. The van der Waals surface area contributed by atoms with Gasteiger partial charge < -0.3 is 20.3 Å². The zero-order valence-corrected chi connectivity index (χ0v) is 17.7. The van der Waals surface area contributed by atoms with E-state index < -0.39 is 0 Å². The molecule has 10 nitrogen and oxygen atoms in total. The first-order valence-electron chi connectivity index (χ1n) is 10.3. The molecule has 2 fully saturated rings. The molecule has 0 radical (unpaired) electrons. The lowest BCUT2D eigenvalue weighted by molar-refractivity contribution is -0.124. The van der Waals surface area contributed by atoms with E-state index in [1.165, 1.54) is 22.2 Å². The molecule has 162 valence electrons. The molecule has 0 saturated carbocycles. The third-order valence-electron chi connectivity index (χ3n) is 5.55. The number of hydrogen-bond acceptors (Lipinski definition) is 8. The van der Waals surface area contributed by atoms with Crippen molar-refractivity contribution in [2.24, 2.45) is 5.92 Å². The highest BCUT2D eigenvalue weighted by atomic mass is 32.1. The van der Waals surface area contributed by atoms with Crippen LogP contribution in [0, 0.1) is 5.92 Å². The third-order valence-corrected chi connectivity index (χ3v) is 6.64. The Hall–Kier alpha value is -2.53. The molecule has 0 unspecified atom stereocenters. The zero-order valence-electron chi connectivity index (χ0n) is 16.9. The molecule has 2 aromatic heterocycles. The highest BCUT2D eigenvalue weighted by Gasteiger charge is 2.27. The number of carbonyl (C=O) groups is 2. The van der Waals surface area contributed by atoms with Crippen molar-refractivity contribution in [3.05, 3.63) is 16.7 Å². The van der Waals surface area contributed by atoms with E-state index in [-0.39, 0.29) is 35.9 Å². The van der Waals surface area contributed by atoms with Gasteiger partial charge in [-0.3, -0.25) is 19.0 Å². The molecule has 4 rings (SSSR count). The van der Waals surface area contributed by atoms with E-state index in [4.69, 9.17) is 4.74 Å². The number of carbonyl (C=O) groups excluding carboxylic acids is 2. The highest BCUT2D eigenvalue weighted by molar-refractivity contribution is 7.22. The summed E-state index contributed by atoms with van der Waals surface area (Å²) in [5, 5.41) is 6.20. The average molecular weight is 435 g/mol. The van der Waals surface area contributed by atoms with Crippen LogP contribution in [0.15, 0.2) is 11.1 Å². The van der Waals surface area contributed by atoms with Crippen LogP contribution in [0.25, 0.3) is 10.3 Å². The molecule has 30 heavy (non-hydrogen) atoms. The van der Waals surface area contributed by atoms with E-state index in [9.17, 15) is 14.4 Å². The summed E-state index contributed by atoms with van der Waals surface area (Å²) < 4.78 is 7.22. The fourth-order valence-electron chi connectivity index (χ4n) is 3.90. The predicted molar refractivity (Wildman–Crippen MR) is 113 cm³/mol. The van der Waals surface area contributed by atoms with Crippen LogP contribution in [0.5, 0.6) is 0 Å². The summed E-state index contributed by atoms with van der Waals surface area (Å²) in [4.78, 5) is 47.9. The largest absolute Gasteiger partial charge is 0.376 e. The Kier molecular flexibility index (Phi) is 6.28. The van der Waals surface area contributed by atoms with Crippen molar-refractivity contribution < 1.29 is 14.3 Å². The number of amides is 2. The molecule has 2 saturated heterocycles. The highest BCUT2D eigenvalue weighted by Crippen LogP contribution is 2.29. The van der Waals surface area contributed by atoms with E-state index in [2.05, 4.69) is 20.6 Å². The number of ether oxygens (including phenoxy) is 1. The number of thiazole rings is 1. The second kappa shape index (κ2) is 9.09. The van der Waals surface area contributed by atoms with Crippen LogP contribution in [0.4, 0.5) is 5.13 Å². The van der Waals surface area contributed by atoms with E-state index in [0.717, 1.165) is 38.8 Å². The number of piperidine rings is 1. The second-order valence-electron chi connectivity index (χ2n) is 7.67. The zero-order chi connectivity index (χ0) is 21.1. The summed E-state index contributed by atoms with van der Waals surface area (Å²) in [6.07, 6.45) is 5.09. The van der Waals surface area contributed by atoms with Crippen LogP contribution in [0.2, 0.25) is 0 Å². The predicted octanol–water partition coefficient (Wildman–Crippen LogP) is 0.111. The first kappa shape index (κ1) is 20.7. The van der Waals surface area contributed by atoms with Crippen LogP contribution in [0.3, 0.4) is 0 Å². The number of nitrogens with zero attached hydrogens (tertiary/aromatic N) is 4. The first-order valence-corrected chi connectivity index (χ1v) is 11.1. The van der Waals surface area contributed by atoms with Crippen LogP contribution in [-0.2, 0) is 20.9 Å². The van der Waals surface area contributed by atoms with E-state index >= 15 is 0 Å². The van der Waals surface area contributed by atoms with Gasteiger partial charge in [0.15, 0.2) is 10.8 Å². The van der Waals surface area contributed by atoms with Gasteiger partial charge in [0.25, 0.3) is 5.56 Å². The van der Waals surface area contributed by atoms with Gasteiger partial charge >= 0.3 is 0 Å². The molecule has 2 aromatic rings. The Morgan fingerprint density at radius 1 is 1.33 bits per heavy atom. The summed E-state index contributed by atoms with van der Waals surface area (Å²) in [6, 6.07) is 0. The average Bonchev–Trinajstić information content (AvgIpc) is 3.44. The maximum Gasteiger partial charge on any atom is 0.273 e. The Morgan fingerprint density at radius 3 is 2.97 bits per heavy atom. The van der Waals surface area contributed by atoms with Crippen molar-refractivity contribution in [2.45, 2.75) is 38.3 Å². The van der Waals surface area contributed by atoms with Crippen LogP contribution >= 0.6 is 11.3 Å². The molecule has 2 aliphatic rings. The van der Waals surface area contributed by atoms with Gasteiger partial charge in [-0.1, -0.05) is 11.3 Å². The summed E-state index contributed by atoms with van der Waals surface area (Å²) in [7, 11) is 1.64. The van der Waals surface area contributed by atoms with Crippen LogP contribution in [0.1, 0.15) is 25.7 Å². The third kappa shape index (κ3) is 4.46. The lowest BCUT2D eigenvalue weighted by atomic mass is 9.98. The maximum absolute atomic E-state index is 12.8. The topological polar surface area (TPSA) is 118 Å². The van der Waals surface area contributed by atoms with Gasteiger partial charge in [0.2, 0.25) is 11.8 Å². The first-order chi connectivity index (χ1) is 14.5. The molecule has 0 spiro atoms. The van der Waals surface area contributed by atoms with Crippen molar-refractivity contribution in [3.8, 4) is 0 Å². The van der Waals surface area contributed by atoms with Gasteiger partial charge in [0.05, 0.1) is 12.0 Å². The normalized spacial score (nSPS) is 21.7. The Labute approximate surface area is 177 Å². The standard InChI is InChI=1S/C19H26N6O4S/c1-20-17(27)12-4-2-6-24(9-12)19-23-16-15(30-19)18(28)25(11-22-16)10-14(26)21-8-13-5-3-7-29-13/h11-13H,2-10H2,1H3,(H,20,27)(H,21,26)/t12-,13-/m0/s1. The molecule has 2 N–H and O–H groups in total. The molecule has 2 atom stereocenters. The Morgan fingerprint density at radius 2 is 2.20 bits per heavy atom. The number of rotatable bonds is 6. The number of anilines is 1. The van der Waals surface area contributed by atoms with Gasteiger partial charge in [-0.2, -0.15) is 4.98 Å². The van der Waals surface area contributed by atoms with Crippen LogP contribution in [-0.4, -0.2) is 65.7 Å². The molecule has 11 heteroatoms. The minimum absolute atomic E-state index is 0.0234. The molecular weight excluding hydrogens is 408 g/mol. The van der Waals surface area contributed by atoms with Crippen molar-refractivity contribution in [3.63, 3.8) is 0 Å². The Balaban J connectivity index is 1.45. The molecule has 2 aliphatic heterocycles. The smallest absolute Gasteiger partial charge is 0.273 e. The van der Waals surface area contributed by atoms with Crippen molar-refractivity contribution in [2.75, 3.05) is 38.2 Å². The lowest BCUT2D eigenvalue weighted by Crippen LogP contribution is -2.42. The monoisotopic (exact) mass is 434 g/mol. The fraction of sp³-hybridized carbons (Fsp3) is 0.632. The molecule has 2 amide bonds. The van der Waals surface area contributed by atoms with E-state index in [1.807, 2.05) is 4.90 Å². The summed E-state index contributed by atoms with van der Waals surface area (Å²) >= 11 is 1.26. The van der Waals surface area contributed by atoms with Gasteiger partial charge in [0.1, 0.15) is 17.6 Å². The molecule has 0 bridgehead atoms. The fourth-order valence-corrected chi connectivity index (χ4v) is 4.90. The van der Waals surface area contributed by atoms with Crippen molar-refractivity contribution in [1.82, 2.24) is 25.2 Å². The number of nitrogens with one attached hydrogen (secondary N) is 2. The van der Waals surface area contributed by atoms with Crippen molar-refractivity contribution >= 4 is 38.6 Å². The maximum atomic E-state index is 12.8. The molecular formula is C19H26N6O4S. The quantitative estimate of drug-likeness (QED) is 0.662. The summed E-state index contributed by atoms with van der Waals surface area (Å²) in [5.74, 6) is -0.314. The number of hydrogen-bond donors (Lipinski definition) is 2. The van der Waals surface area contributed by atoms with Crippen molar-refractivity contribution in [1.29, 1.82) is 0 Å². The minimum atomic E-state index is -0.282. The van der Waals surface area contributed by atoms with Gasteiger partial charge in [0, 0.05) is 33.3 Å². The van der Waals surface area contributed by atoms with Crippen LogP contribution < -0.4 is 21.1 Å². The Bertz CT molecular complexity index is 983. The molecule has 0 aliphatic carbocycles. The van der Waals surface area contributed by atoms with Gasteiger partial charge in [-0.25, -0.2) is 4.98 Å².